The molecule has 2 aromatic heterocycles. The van der Waals surface area contributed by atoms with Crippen LogP contribution < -0.4 is 10.2 Å². The molecule has 1 saturated heterocycles. The summed E-state index contributed by atoms with van der Waals surface area (Å²) in [5.74, 6) is 0.615. The van der Waals surface area contributed by atoms with Crippen molar-refractivity contribution in [3.63, 3.8) is 0 Å². The summed E-state index contributed by atoms with van der Waals surface area (Å²) in [4.78, 5) is 15.2. The van der Waals surface area contributed by atoms with Crippen molar-refractivity contribution in [3.05, 3.63) is 42.0 Å². The molecule has 8 heteroatoms. The molecule has 0 unspecified atom stereocenters. The van der Waals surface area contributed by atoms with E-state index in [9.17, 15) is 8.42 Å². The second kappa shape index (κ2) is 7.45. The molecule has 3 heterocycles. The van der Waals surface area contributed by atoms with Gasteiger partial charge in [0.25, 0.3) is 0 Å². The molecule has 1 N–H and O–H groups in total. The number of hydrogen-bond donors (Lipinski definition) is 1. The van der Waals surface area contributed by atoms with Gasteiger partial charge in [-0.2, -0.15) is 0 Å². The molecule has 1 aliphatic rings. The van der Waals surface area contributed by atoms with Crippen LogP contribution in [0.3, 0.4) is 0 Å². The molecule has 0 saturated carbocycles. The van der Waals surface area contributed by atoms with Crippen LogP contribution in [0, 0.1) is 0 Å². The molecule has 0 amide bonds. The maximum Gasteiger partial charge on any atom is 0.225 e. The third kappa shape index (κ3) is 4.32. The van der Waals surface area contributed by atoms with E-state index in [1.807, 2.05) is 24.1 Å². The molecule has 0 bridgehead atoms. The van der Waals surface area contributed by atoms with Crippen LogP contribution in [0.2, 0.25) is 0 Å². The molecule has 2 aromatic rings. The van der Waals surface area contributed by atoms with Gasteiger partial charge < -0.3 is 10.2 Å². The van der Waals surface area contributed by atoms with Gasteiger partial charge in [0, 0.05) is 44.7 Å². The van der Waals surface area contributed by atoms with Crippen molar-refractivity contribution in [3.8, 4) is 0 Å². The van der Waals surface area contributed by atoms with Crippen LogP contribution in [0.25, 0.3) is 0 Å². The Bertz CT molecular complexity index is 820. The van der Waals surface area contributed by atoms with Gasteiger partial charge in [0.05, 0.1) is 11.9 Å². The largest absolute Gasteiger partial charge is 0.339 e. The first kappa shape index (κ1) is 17.8. The van der Waals surface area contributed by atoms with E-state index in [0.29, 0.717) is 18.2 Å². The van der Waals surface area contributed by atoms with Crippen LogP contribution in [0.15, 0.2) is 35.6 Å². The number of anilines is 1. The number of sulfone groups is 1. The second-order valence-corrected chi connectivity index (χ2v) is 8.44. The van der Waals surface area contributed by atoms with Gasteiger partial charge in [0.15, 0.2) is 9.84 Å². The summed E-state index contributed by atoms with van der Waals surface area (Å²) >= 11 is 0. The summed E-state index contributed by atoms with van der Waals surface area (Å²) in [7, 11) is -1.47. The van der Waals surface area contributed by atoms with Gasteiger partial charge in [-0.05, 0) is 31.0 Å². The van der Waals surface area contributed by atoms with Gasteiger partial charge in [0.1, 0.15) is 4.90 Å². The number of rotatable bonds is 5. The van der Waals surface area contributed by atoms with Gasteiger partial charge in [0.2, 0.25) is 5.95 Å². The number of pyridine rings is 1. The van der Waals surface area contributed by atoms with Gasteiger partial charge in [-0.1, -0.05) is 6.07 Å². The summed E-state index contributed by atoms with van der Waals surface area (Å²) in [6.07, 6.45) is 8.13. The highest BCUT2D eigenvalue weighted by Gasteiger charge is 2.25. The maximum absolute atomic E-state index is 12.1. The van der Waals surface area contributed by atoms with Crippen LogP contribution in [-0.2, 0) is 16.4 Å². The van der Waals surface area contributed by atoms with Crippen LogP contribution in [0.4, 0.5) is 5.95 Å². The van der Waals surface area contributed by atoms with Crippen molar-refractivity contribution in [1.29, 1.82) is 0 Å². The lowest BCUT2D eigenvalue weighted by Gasteiger charge is -2.25. The van der Waals surface area contributed by atoms with Crippen LogP contribution in [0.1, 0.15) is 30.0 Å². The molecular formula is C17H23N5O2S. The van der Waals surface area contributed by atoms with Crippen molar-refractivity contribution in [2.75, 3.05) is 31.3 Å². The van der Waals surface area contributed by atoms with Crippen LogP contribution in [-0.4, -0.2) is 49.8 Å². The monoisotopic (exact) mass is 361 g/mol. The Hall–Kier alpha value is -2.06. The van der Waals surface area contributed by atoms with E-state index in [2.05, 4.69) is 20.3 Å². The lowest BCUT2D eigenvalue weighted by atomic mass is 9.96. The van der Waals surface area contributed by atoms with Gasteiger partial charge >= 0.3 is 0 Å². The molecule has 1 aliphatic heterocycles. The van der Waals surface area contributed by atoms with E-state index in [1.54, 1.807) is 12.4 Å². The first-order valence-electron chi connectivity index (χ1n) is 8.33. The minimum atomic E-state index is -3.37. The number of nitrogens with zero attached hydrogens (tertiary/aromatic N) is 4. The Labute approximate surface area is 148 Å². The van der Waals surface area contributed by atoms with Gasteiger partial charge in [-0.3, -0.25) is 4.98 Å². The Kier molecular flexibility index (Phi) is 5.29. The SMILES string of the molecule is CN(Cc1cccnc1)c1ncc(S(C)(=O)=O)c([C@H]2CCCNC2)n1. The molecule has 0 aromatic carbocycles. The fourth-order valence-corrected chi connectivity index (χ4v) is 3.89. The molecule has 25 heavy (non-hydrogen) atoms. The predicted molar refractivity (Wildman–Crippen MR) is 96.3 cm³/mol. The molecule has 0 radical (unpaired) electrons. The first-order valence-corrected chi connectivity index (χ1v) is 10.2. The summed E-state index contributed by atoms with van der Waals surface area (Å²) in [5, 5.41) is 3.32. The van der Waals surface area contributed by atoms with Crippen molar-refractivity contribution in [2.24, 2.45) is 0 Å². The minimum Gasteiger partial charge on any atom is -0.339 e. The maximum atomic E-state index is 12.1. The summed E-state index contributed by atoms with van der Waals surface area (Å²) < 4.78 is 24.3. The van der Waals surface area contributed by atoms with Crippen molar-refractivity contribution in [1.82, 2.24) is 20.3 Å². The van der Waals surface area contributed by atoms with E-state index < -0.39 is 9.84 Å². The zero-order chi connectivity index (χ0) is 17.9. The fourth-order valence-electron chi connectivity index (χ4n) is 3.06. The quantitative estimate of drug-likeness (QED) is 0.860. The lowest BCUT2D eigenvalue weighted by Crippen LogP contribution is -2.30. The summed E-state index contributed by atoms with van der Waals surface area (Å²) in [6.45, 7) is 2.31. The first-order chi connectivity index (χ1) is 11.9. The number of nitrogens with one attached hydrogen (secondary N) is 1. The molecule has 7 nitrogen and oxygen atoms in total. The second-order valence-electron chi connectivity index (χ2n) is 6.45. The van der Waals surface area contributed by atoms with Crippen molar-refractivity contribution >= 4 is 15.8 Å². The Morgan fingerprint density at radius 2 is 2.20 bits per heavy atom. The van der Waals surface area contributed by atoms with Gasteiger partial charge in [-0.15, -0.1) is 0 Å². The number of hydrogen-bond acceptors (Lipinski definition) is 7. The Balaban J connectivity index is 1.92. The van der Waals surface area contributed by atoms with Crippen molar-refractivity contribution < 1.29 is 8.42 Å². The predicted octanol–water partition coefficient (Wildman–Crippen LogP) is 1.38. The molecule has 1 fully saturated rings. The zero-order valence-corrected chi connectivity index (χ0v) is 15.3. The Morgan fingerprint density at radius 3 is 2.84 bits per heavy atom. The fraction of sp³-hybridized carbons (Fsp3) is 0.471. The molecule has 0 spiro atoms. The summed E-state index contributed by atoms with van der Waals surface area (Å²) in [5.41, 5.74) is 1.67. The Morgan fingerprint density at radius 1 is 1.36 bits per heavy atom. The van der Waals surface area contributed by atoms with E-state index in [0.717, 1.165) is 31.5 Å². The highest BCUT2D eigenvalue weighted by molar-refractivity contribution is 7.90. The molecule has 0 aliphatic carbocycles. The van der Waals surface area contributed by atoms with Gasteiger partial charge in [-0.25, -0.2) is 18.4 Å². The highest BCUT2D eigenvalue weighted by atomic mass is 32.2. The van der Waals surface area contributed by atoms with Crippen LogP contribution in [0.5, 0.6) is 0 Å². The molecular weight excluding hydrogens is 338 g/mol. The smallest absolute Gasteiger partial charge is 0.225 e. The van der Waals surface area contributed by atoms with E-state index in [4.69, 9.17) is 0 Å². The highest BCUT2D eigenvalue weighted by Crippen LogP contribution is 2.28. The van der Waals surface area contributed by atoms with E-state index in [-0.39, 0.29) is 10.8 Å². The summed E-state index contributed by atoms with van der Waals surface area (Å²) in [6, 6.07) is 3.87. The molecule has 1 atom stereocenters. The zero-order valence-electron chi connectivity index (χ0n) is 14.5. The van der Waals surface area contributed by atoms with Crippen molar-refractivity contribution in [2.45, 2.75) is 30.2 Å². The molecule has 134 valence electrons. The minimum absolute atomic E-state index is 0.0898. The third-order valence-electron chi connectivity index (χ3n) is 4.34. The topological polar surface area (TPSA) is 88.1 Å². The number of piperidine rings is 1. The van der Waals surface area contributed by atoms with E-state index in [1.165, 1.54) is 12.5 Å². The average molecular weight is 361 g/mol. The average Bonchev–Trinajstić information content (AvgIpc) is 2.62. The lowest BCUT2D eigenvalue weighted by molar-refractivity contribution is 0.447. The standard InChI is InChI=1S/C17H23N5O2S/c1-22(12-13-5-3-7-18-9-13)17-20-11-15(25(2,23)24)16(21-17)14-6-4-8-19-10-14/h3,5,7,9,11,14,19H,4,6,8,10,12H2,1-2H3/t14-/m0/s1. The number of aromatic nitrogens is 3. The van der Waals surface area contributed by atoms with E-state index >= 15 is 0 Å². The molecule has 3 rings (SSSR count). The van der Waals surface area contributed by atoms with Crippen LogP contribution >= 0.6 is 0 Å². The third-order valence-corrected chi connectivity index (χ3v) is 5.45. The normalized spacial score (nSPS) is 18.1.